The minimum absolute atomic E-state index is 0.0653. The summed E-state index contributed by atoms with van der Waals surface area (Å²) in [5, 5.41) is 0.151. The molecule has 0 radical (unpaired) electrons. The van der Waals surface area contributed by atoms with Crippen LogP contribution in [0.1, 0.15) is 48.0 Å². The number of nitrogens with zero attached hydrogens (tertiary/aromatic N) is 1. The summed E-state index contributed by atoms with van der Waals surface area (Å²) in [6, 6.07) is 0. The molecule has 0 aromatic heterocycles. The van der Waals surface area contributed by atoms with Crippen LogP contribution in [0.5, 0.6) is 0 Å². The Morgan fingerprint density at radius 2 is 1.96 bits per heavy atom. The summed E-state index contributed by atoms with van der Waals surface area (Å²) in [6.45, 7) is 17.7. The average Bonchev–Trinajstić information content (AvgIpc) is 2.75. The van der Waals surface area contributed by atoms with E-state index in [0.29, 0.717) is 6.61 Å². The molecule has 1 aliphatic rings. The summed E-state index contributed by atoms with van der Waals surface area (Å²) in [6.07, 6.45) is 2.69. The number of carbonyl (C=O) groups is 1. The van der Waals surface area contributed by atoms with Crippen molar-refractivity contribution in [2.24, 2.45) is 16.8 Å². The Balaban J connectivity index is 3.16. The summed E-state index contributed by atoms with van der Waals surface area (Å²) in [5.74, 6) is -0.240. The third-order valence-corrected chi connectivity index (χ3v) is 10.0. The lowest BCUT2D eigenvalue weighted by molar-refractivity contribution is -0.148. The fourth-order valence-corrected chi connectivity index (χ4v) is 4.45. The Hall–Kier alpha value is -0.943. The normalized spacial score (nSPS) is 27.6. The molecule has 1 rings (SSSR count). The number of esters is 1. The van der Waals surface area contributed by atoms with Crippen LogP contribution in [0.3, 0.4) is 0 Å². The first kappa shape index (κ1) is 21.1. The molecule has 0 aliphatic heterocycles. The third-order valence-electron chi connectivity index (χ3n) is 5.53. The maximum absolute atomic E-state index is 12.5. The largest absolute Gasteiger partial charge is 0.466 e. The lowest BCUT2D eigenvalue weighted by Gasteiger charge is -2.39. The Bertz CT molecular complexity index is 517. The van der Waals surface area contributed by atoms with E-state index in [0.717, 1.165) is 17.6 Å². The van der Waals surface area contributed by atoms with Crippen molar-refractivity contribution in [3.05, 3.63) is 11.1 Å². The van der Waals surface area contributed by atoms with Gasteiger partial charge in [0.1, 0.15) is 0 Å². The number of aliphatic imine (C=N–C) groups is 1. The van der Waals surface area contributed by atoms with Crippen molar-refractivity contribution in [2.45, 2.75) is 72.2 Å². The maximum Gasteiger partial charge on any atom is 0.313 e. The van der Waals surface area contributed by atoms with Gasteiger partial charge in [0, 0.05) is 13.3 Å². The van der Waals surface area contributed by atoms with Crippen LogP contribution in [0, 0.1) is 11.8 Å². The first-order valence-electron chi connectivity index (χ1n) is 8.92. The molecule has 5 heteroatoms. The minimum atomic E-state index is -1.89. The second-order valence-electron chi connectivity index (χ2n) is 8.31. The smallest absolute Gasteiger partial charge is 0.313 e. The second kappa shape index (κ2) is 7.96. The molecule has 0 aromatic rings. The molecule has 0 unspecified atom stereocenters. The Morgan fingerprint density at radius 1 is 1.38 bits per heavy atom. The number of carbonyl (C=O) groups excluding carboxylic acids is 1. The fourth-order valence-electron chi connectivity index (χ4n) is 3.04. The summed E-state index contributed by atoms with van der Waals surface area (Å²) >= 11 is 0. The first-order chi connectivity index (χ1) is 11.0. The number of allylic oxidation sites excluding steroid dienone is 1. The van der Waals surface area contributed by atoms with Gasteiger partial charge >= 0.3 is 5.97 Å². The van der Waals surface area contributed by atoms with Crippen molar-refractivity contribution in [1.29, 1.82) is 0 Å². The zero-order chi connectivity index (χ0) is 18.7. The fraction of sp³-hybridized carbons (Fsp3) is 0.789. The van der Waals surface area contributed by atoms with E-state index in [9.17, 15) is 4.79 Å². The van der Waals surface area contributed by atoms with Gasteiger partial charge in [-0.2, -0.15) is 0 Å². The van der Waals surface area contributed by atoms with Crippen LogP contribution in [-0.4, -0.2) is 40.3 Å². The van der Waals surface area contributed by atoms with Crippen LogP contribution in [-0.2, 0) is 14.0 Å². The molecule has 3 atom stereocenters. The van der Waals surface area contributed by atoms with Crippen molar-refractivity contribution in [1.82, 2.24) is 0 Å². The highest BCUT2D eigenvalue weighted by Crippen LogP contribution is 2.45. The Kier molecular flexibility index (Phi) is 7.00. The van der Waals surface area contributed by atoms with Crippen molar-refractivity contribution in [3.8, 4) is 0 Å². The lowest BCUT2D eigenvalue weighted by atomic mass is 9.92. The summed E-state index contributed by atoms with van der Waals surface area (Å²) in [4.78, 5) is 16.7. The quantitative estimate of drug-likeness (QED) is 0.412. The van der Waals surface area contributed by atoms with Crippen LogP contribution < -0.4 is 0 Å². The lowest BCUT2D eigenvalue weighted by Crippen LogP contribution is -2.45. The van der Waals surface area contributed by atoms with Crippen LogP contribution in [0.4, 0.5) is 0 Å². The van der Waals surface area contributed by atoms with E-state index >= 15 is 0 Å². The molecular formula is C19H35NO3Si. The highest BCUT2D eigenvalue weighted by molar-refractivity contribution is 6.74. The molecule has 138 valence electrons. The molecular weight excluding hydrogens is 318 g/mol. The van der Waals surface area contributed by atoms with E-state index in [1.165, 1.54) is 0 Å². The molecule has 4 nitrogen and oxygen atoms in total. The zero-order valence-electron chi connectivity index (χ0n) is 16.9. The van der Waals surface area contributed by atoms with E-state index in [1.54, 1.807) is 7.05 Å². The molecule has 1 fully saturated rings. The molecule has 24 heavy (non-hydrogen) atoms. The standard InChI is InChI=1S/C19H35NO3Si/c1-10-22-18(21)17-14(3)16(11-15(17)13(2)12-20-7)23-24(8,9)19(4,5)6/h12,14,16-17H,10-11H2,1-9H3/b15-13+,20-12?/t14-,16+,17+/m1/s1. The van der Waals surface area contributed by atoms with E-state index in [2.05, 4.69) is 45.8 Å². The molecule has 0 amide bonds. The van der Waals surface area contributed by atoms with Crippen LogP contribution in [0.2, 0.25) is 18.1 Å². The topological polar surface area (TPSA) is 47.9 Å². The molecule has 0 heterocycles. The summed E-state index contributed by atoms with van der Waals surface area (Å²) in [7, 11) is -0.130. The van der Waals surface area contributed by atoms with Gasteiger partial charge in [-0.3, -0.25) is 9.79 Å². The van der Waals surface area contributed by atoms with Crippen molar-refractivity contribution < 1.29 is 14.0 Å². The van der Waals surface area contributed by atoms with E-state index in [-0.39, 0.29) is 28.9 Å². The molecule has 0 saturated heterocycles. The third kappa shape index (κ3) is 4.57. The van der Waals surface area contributed by atoms with Crippen molar-refractivity contribution >= 4 is 20.5 Å². The SMILES string of the molecule is CCOC(=O)[C@@H]1/C(=C(\C)C=NC)C[C@H](O[Si](C)(C)C(C)(C)C)[C@H]1C. The number of ether oxygens (including phenoxy) is 1. The molecule has 1 aliphatic carbocycles. The van der Waals surface area contributed by atoms with Crippen LogP contribution in [0.15, 0.2) is 16.1 Å². The van der Waals surface area contributed by atoms with Gasteiger partial charge in [-0.05, 0) is 55.5 Å². The summed E-state index contributed by atoms with van der Waals surface area (Å²) in [5.41, 5.74) is 2.18. The van der Waals surface area contributed by atoms with Gasteiger partial charge in [-0.25, -0.2) is 0 Å². The molecule has 0 bridgehead atoms. The molecule has 1 saturated carbocycles. The predicted octanol–water partition coefficient (Wildman–Crippen LogP) is 4.61. The molecule has 0 N–H and O–H groups in total. The molecule has 0 spiro atoms. The van der Waals surface area contributed by atoms with Gasteiger partial charge in [0.15, 0.2) is 8.32 Å². The van der Waals surface area contributed by atoms with Crippen molar-refractivity contribution in [2.75, 3.05) is 13.7 Å². The average molecular weight is 354 g/mol. The van der Waals surface area contributed by atoms with E-state index < -0.39 is 8.32 Å². The first-order valence-corrected chi connectivity index (χ1v) is 11.8. The van der Waals surface area contributed by atoms with E-state index in [1.807, 2.05) is 20.1 Å². The van der Waals surface area contributed by atoms with Gasteiger partial charge in [0.2, 0.25) is 0 Å². The van der Waals surface area contributed by atoms with Gasteiger partial charge in [0.05, 0.1) is 18.6 Å². The second-order valence-corrected chi connectivity index (χ2v) is 13.1. The van der Waals surface area contributed by atoms with Crippen molar-refractivity contribution in [3.63, 3.8) is 0 Å². The minimum Gasteiger partial charge on any atom is -0.466 e. The Morgan fingerprint density at radius 3 is 2.42 bits per heavy atom. The zero-order valence-corrected chi connectivity index (χ0v) is 17.9. The number of hydrogen-bond donors (Lipinski definition) is 0. The summed E-state index contributed by atoms with van der Waals surface area (Å²) < 4.78 is 12.0. The van der Waals surface area contributed by atoms with Gasteiger partial charge in [0.25, 0.3) is 0 Å². The van der Waals surface area contributed by atoms with Gasteiger partial charge in [-0.15, -0.1) is 0 Å². The number of rotatable bonds is 5. The van der Waals surface area contributed by atoms with Gasteiger partial charge < -0.3 is 9.16 Å². The highest BCUT2D eigenvalue weighted by Gasteiger charge is 2.47. The highest BCUT2D eigenvalue weighted by atomic mass is 28.4. The maximum atomic E-state index is 12.5. The van der Waals surface area contributed by atoms with Crippen LogP contribution in [0.25, 0.3) is 0 Å². The monoisotopic (exact) mass is 353 g/mol. The Labute approximate surface area is 148 Å². The number of hydrogen-bond acceptors (Lipinski definition) is 4. The van der Waals surface area contributed by atoms with E-state index in [4.69, 9.17) is 9.16 Å². The molecule has 0 aromatic carbocycles. The van der Waals surface area contributed by atoms with Gasteiger partial charge in [-0.1, -0.05) is 27.7 Å². The predicted molar refractivity (Wildman–Crippen MR) is 103 cm³/mol. The van der Waals surface area contributed by atoms with Crippen LogP contribution >= 0.6 is 0 Å².